The van der Waals surface area contributed by atoms with Gasteiger partial charge >= 0.3 is 0 Å². The van der Waals surface area contributed by atoms with Gasteiger partial charge in [-0.1, -0.05) is 12.1 Å². The van der Waals surface area contributed by atoms with Crippen LogP contribution in [-0.2, 0) is 6.54 Å². The zero-order chi connectivity index (χ0) is 11.4. The number of aliphatic hydroxyl groups excluding tert-OH is 1. The van der Waals surface area contributed by atoms with Crippen LogP contribution in [0.4, 0.5) is 0 Å². The minimum Gasteiger partial charge on any atom is -0.508 e. The number of benzene rings is 1. The molecule has 16 heavy (non-hydrogen) atoms. The molecule has 0 amide bonds. The number of phenols is 1. The Morgan fingerprint density at radius 1 is 1.25 bits per heavy atom. The van der Waals surface area contributed by atoms with Crippen molar-refractivity contribution >= 4 is 0 Å². The number of hydrogen-bond acceptors (Lipinski definition) is 3. The van der Waals surface area contributed by atoms with E-state index in [1.54, 1.807) is 12.1 Å². The number of rotatable bonds is 3. The van der Waals surface area contributed by atoms with Crippen LogP contribution < -0.4 is 0 Å². The summed E-state index contributed by atoms with van der Waals surface area (Å²) in [5.41, 5.74) is 1.22. The van der Waals surface area contributed by atoms with E-state index in [0.29, 0.717) is 18.3 Å². The summed E-state index contributed by atoms with van der Waals surface area (Å²) in [5, 5.41) is 18.3. The van der Waals surface area contributed by atoms with Crippen molar-refractivity contribution in [3.05, 3.63) is 29.8 Å². The highest BCUT2D eigenvalue weighted by Gasteiger charge is 2.18. The molecule has 0 saturated carbocycles. The maximum absolute atomic E-state index is 9.20. The van der Waals surface area contributed by atoms with Crippen LogP contribution in [0, 0.1) is 5.92 Å². The molecule has 0 aromatic heterocycles. The Bertz CT molecular complexity index is 323. The summed E-state index contributed by atoms with van der Waals surface area (Å²) >= 11 is 0. The van der Waals surface area contributed by atoms with E-state index < -0.39 is 0 Å². The molecular formula is C13H19NO2. The maximum atomic E-state index is 9.20. The average molecular weight is 221 g/mol. The number of nitrogens with zero attached hydrogens (tertiary/aromatic N) is 1. The van der Waals surface area contributed by atoms with Crippen LogP contribution in [0.15, 0.2) is 24.3 Å². The molecule has 1 atom stereocenters. The fourth-order valence-electron chi connectivity index (χ4n) is 2.30. The van der Waals surface area contributed by atoms with Crippen LogP contribution in [-0.4, -0.2) is 34.8 Å². The van der Waals surface area contributed by atoms with Crippen LogP contribution in [0.1, 0.15) is 18.4 Å². The van der Waals surface area contributed by atoms with Crippen molar-refractivity contribution in [1.29, 1.82) is 0 Å². The SMILES string of the molecule is OCC1CCCN(Cc2ccc(O)cc2)C1. The van der Waals surface area contributed by atoms with E-state index in [9.17, 15) is 5.11 Å². The fraction of sp³-hybridized carbons (Fsp3) is 0.538. The normalized spacial score (nSPS) is 22.2. The molecular weight excluding hydrogens is 202 g/mol. The molecule has 0 aliphatic carbocycles. The summed E-state index contributed by atoms with van der Waals surface area (Å²) in [5.74, 6) is 0.751. The average Bonchev–Trinajstić information content (AvgIpc) is 2.32. The van der Waals surface area contributed by atoms with Crippen LogP contribution in [0.3, 0.4) is 0 Å². The molecule has 0 radical (unpaired) electrons. The van der Waals surface area contributed by atoms with E-state index in [1.807, 2.05) is 12.1 Å². The Labute approximate surface area is 96.3 Å². The number of aromatic hydroxyl groups is 1. The highest BCUT2D eigenvalue weighted by molar-refractivity contribution is 5.25. The van der Waals surface area contributed by atoms with Crippen molar-refractivity contribution in [3.8, 4) is 5.75 Å². The molecule has 1 heterocycles. The molecule has 2 N–H and O–H groups in total. The van der Waals surface area contributed by atoms with Gasteiger partial charge in [-0.25, -0.2) is 0 Å². The van der Waals surface area contributed by atoms with E-state index >= 15 is 0 Å². The minimum absolute atomic E-state index is 0.298. The number of piperidine rings is 1. The van der Waals surface area contributed by atoms with Gasteiger partial charge in [0.15, 0.2) is 0 Å². The number of likely N-dealkylation sites (tertiary alicyclic amines) is 1. The second-order valence-corrected chi connectivity index (χ2v) is 4.59. The summed E-state index contributed by atoms with van der Waals surface area (Å²) in [4.78, 5) is 2.37. The summed E-state index contributed by atoms with van der Waals surface area (Å²) < 4.78 is 0. The quantitative estimate of drug-likeness (QED) is 0.814. The molecule has 1 aliphatic heterocycles. The van der Waals surface area contributed by atoms with Crippen LogP contribution in [0.5, 0.6) is 5.75 Å². The van der Waals surface area contributed by atoms with Crippen LogP contribution in [0.25, 0.3) is 0 Å². The third-order valence-electron chi connectivity index (χ3n) is 3.20. The van der Waals surface area contributed by atoms with Crippen LogP contribution >= 0.6 is 0 Å². The molecule has 88 valence electrons. The number of hydrogen-bond donors (Lipinski definition) is 2. The van der Waals surface area contributed by atoms with Crippen molar-refractivity contribution in [2.24, 2.45) is 5.92 Å². The second kappa shape index (κ2) is 5.32. The van der Waals surface area contributed by atoms with Gasteiger partial charge in [-0.05, 0) is 43.0 Å². The van der Waals surface area contributed by atoms with E-state index in [-0.39, 0.29) is 0 Å². The molecule has 1 aliphatic rings. The molecule has 3 heteroatoms. The Kier molecular flexibility index (Phi) is 3.80. The predicted octanol–water partition coefficient (Wildman–Crippen LogP) is 1.60. The predicted molar refractivity (Wildman–Crippen MR) is 63.2 cm³/mol. The molecule has 2 rings (SSSR count). The van der Waals surface area contributed by atoms with Crippen molar-refractivity contribution in [3.63, 3.8) is 0 Å². The summed E-state index contributed by atoms with van der Waals surface area (Å²) in [6, 6.07) is 7.36. The van der Waals surface area contributed by atoms with Crippen molar-refractivity contribution < 1.29 is 10.2 Å². The highest BCUT2D eigenvalue weighted by Crippen LogP contribution is 2.18. The van der Waals surface area contributed by atoms with Crippen molar-refractivity contribution in [1.82, 2.24) is 4.90 Å². The Hall–Kier alpha value is -1.06. The van der Waals surface area contributed by atoms with Gasteiger partial charge in [0.05, 0.1) is 0 Å². The van der Waals surface area contributed by atoms with Gasteiger partial charge in [-0.2, -0.15) is 0 Å². The summed E-state index contributed by atoms with van der Waals surface area (Å²) in [7, 11) is 0. The third kappa shape index (κ3) is 2.97. The van der Waals surface area contributed by atoms with Gasteiger partial charge in [0, 0.05) is 19.7 Å². The summed E-state index contributed by atoms with van der Waals surface area (Å²) in [6.07, 6.45) is 2.31. The van der Waals surface area contributed by atoms with E-state index in [1.165, 1.54) is 12.0 Å². The van der Waals surface area contributed by atoms with E-state index in [0.717, 1.165) is 26.1 Å². The molecule has 1 aromatic carbocycles. The number of aliphatic hydroxyl groups is 1. The molecule has 1 aromatic rings. The monoisotopic (exact) mass is 221 g/mol. The third-order valence-corrected chi connectivity index (χ3v) is 3.20. The van der Waals surface area contributed by atoms with Gasteiger partial charge in [0.2, 0.25) is 0 Å². The molecule has 1 saturated heterocycles. The van der Waals surface area contributed by atoms with E-state index in [4.69, 9.17) is 5.11 Å². The van der Waals surface area contributed by atoms with Gasteiger partial charge in [0.1, 0.15) is 5.75 Å². The zero-order valence-electron chi connectivity index (χ0n) is 9.47. The van der Waals surface area contributed by atoms with Crippen molar-refractivity contribution in [2.45, 2.75) is 19.4 Å². The van der Waals surface area contributed by atoms with Gasteiger partial charge in [0.25, 0.3) is 0 Å². The zero-order valence-corrected chi connectivity index (χ0v) is 9.47. The molecule has 1 fully saturated rings. The van der Waals surface area contributed by atoms with E-state index in [2.05, 4.69) is 4.90 Å². The first-order chi connectivity index (χ1) is 7.78. The Balaban J connectivity index is 1.91. The Morgan fingerprint density at radius 3 is 2.69 bits per heavy atom. The first kappa shape index (κ1) is 11.4. The summed E-state index contributed by atoms with van der Waals surface area (Å²) in [6.45, 7) is 3.30. The number of phenolic OH excluding ortho intramolecular Hbond substituents is 1. The Morgan fingerprint density at radius 2 is 2.00 bits per heavy atom. The minimum atomic E-state index is 0.298. The van der Waals surface area contributed by atoms with Gasteiger partial charge in [-0.3, -0.25) is 4.90 Å². The lowest BCUT2D eigenvalue weighted by Gasteiger charge is -2.31. The lowest BCUT2D eigenvalue weighted by Crippen LogP contribution is -2.36. The van der Waals surface area contributed by atoms with Gasteiger partial charge < -0.3 is 10.2 Å². The van der Waals surface area contributed by atoms with Crippen molar-refractivity contribution in [2.75, 3.05) is 19.7 Å². The highest BCUT2D eigenvalue weighted by atomic mass is 16.3. The van der Waals surface area contributed by atoms with Crippen LogP contribution in [0.2, 0.25) is 0 Å². The topological polar surface area (TPSA) is 43.7 Å². The molecule has 3 nitrogen and oxygen atoms in total. The fourth-order valence-corrected chi connectivity index (χ4v) is 2.30. The molecule has 0 bridgehead atoms. The second-order valence-electron chi connectivity index (χ2n) is 4.59. The first-order valence-corrected chi connectivity index (χ1v) is 5.89. The molecule has 1 unspecified atom stereocenters. The first-order valence-electron chi connectivity index (χ1n) is 5.89. The largest absolute Gasteiger partial charge is 0.508 e. The maximum Gasteiger partial charge on any atom is 0.115 e. The smallest absolute Gasteiger partial charge is 0.115 e. The lowest BCUT2D eigenvalue weighted by atomic mass is 9.98. The lowest BCUT2D eigenvalue weighted by molar-refractivity contribution is 0.116. The van der Waals surface area contributed by atoms with Gasteiger partial charge in [-0.15, -0.1) is 0 Å². The standard InChI is InChI=1S/C13H19NO2/c15-10-12-2-1-7-14(9-12)8-11-3-5-13(16)6-4-11/h3-6,12,15-16H,1-2,7-10H2. The molecule has 0 spiro atoms.